The number of nitrogens with zero attached hydrogens (tertiary/aromatic N) is 4. The molecular formula is C12H14N4O2. The second-order valence-electron chi connectivity index (χ2n) is 4.02. The highest BCUT2D eigenvalue weighted by molar-refractivity contribution is 5.86. The molecule has 0 aliphatic rings. The highest BCUT2D eigenvalue weighted by Crippen LogP contribution is 2.19. The Labute approximate surface area is 104 Å². The zero-order valence-corrected chi connectivity index (χ0v) is 10.5. The standard InChI is InChI=1S/C12H14N4O2/c1-8-6-7-16(13-8)12-10(4-5-11(17)18)9(2)14-15(12)3/h4-7H,1-3H3,(H,17,18). The van der Waals surface area contributed by atoms with Crippen molar-refractivity contribution in [2.24, 2.45) is 7.05 Å². The largest absolute Gasteiger partial charge is 0.478 e. The van der Waals surface area contributed by atoms with Gasteiger partial charge in [-0.15, -0.1) is 0 Å². The van der Waals surface area contributed by atoms with E-state index in [2.05, 4.69) is 10.2 Å². The summed E-state index contributed by atoms with van der Waals surface area (Å²) < 4.78 is 3.38. The molecule has 0 atom stereocenters. The minimum Gasteiger partial charge on any atom is -0.478 e. The van der Waals surface area contributed by atoms with Crippen LogP contribution < -0.4 is 0 Å². The summed E-state index contributed by atoms with van der Waals surface area (Å²) in [5, 5.41) is 17.3. The van der Waals surface area contributed by atoms with Gasteiger partial charge in [-0.2, -0.15) is 10.2 Å². The average molecular weight is 246 g/mol. The number of aliphatic carboxylic acids is 1. The van der Waals surface area contributed by atoms with E-state index in [1.165, 1.54) is 6.08 Å². The summed E-state index contributed by atoms with van der Waals surface area (Å²) in [7, 11) is 1.80. The van der Waals surface area contributed by atoms with Crippen molar-refractivity contribution in [3.8, 4) is 5.82 Å². The van der Waals surface area contributed by atoms with E-state index in [0.29, 0.717) is 0 Å². The molecular weight excluding hydrogens is 232 g/mol. The zero-order chi connectivity index (χ0) is 13.3. The highest BCUT2D eigenvalue weighted by Gasteiger charge is 2.13. The lowest BCUT2D eigenvalue weighted by Crippen LogP contribution is -2.05. The molecule has 0 aromatic carbocycles. The summed E-state index contributed by atoms with van der Waals surface area (Å²) in [6, 6.07) is 1.88. The van der Waals surface area contributed by atoms with E-state index in [9.17, 15) is 4.79 Å². The topological polar surface area (TPSA) is 72.9 Å². The van der Waals surface area contributed by atoms with Crippen LogP contribution in [0.1, 0.15) is 17.0 Å². The van der Waals surface area contributed by atoms with E-state index in [1.807, 2.05) is 26.1 Å². The molecule has 94 valence electrons. The van der Waals surface area contributed by atoms with Crippen LogP contribution in [0.5, 0.6) is 0 Å². The van der Waals surface area contributed by atoms with E-state index in [1.54, 1.807) is 16.4 Å². The van der Waals surface area contributed by atoms with Gasteiger partial charge in [0, 0.05) is 24.9 Å². The minimum atomic E-state index is -0.985. The van der Waals surface area contributed by atoms with E-state index < -0.39 is 5.97 Å². The van der Waals surface area contributed by atoms with Gasteiger partial charge in [-0.3, -0.25) is 4.68 Å². The number of carboxylic acids is 1. The second-order valence-corrected chi connectivity index (χ2v) is 4.02. The molecule has 1 N–H and O–H groups in total. The quantitative estimate of drug-likeness (QED) is 0.829. The summed E-state index contributed by atoms with van der Waals surface area (Å²) in [6.07, 6.45) is 4.46. The van der Waals surface area contributed by atoms with Crippen molar-refractivity contribution < 1.29 is 9.90 Å². The van der Waals surface area contributed by atoms with Gasteiger partial charge in [0.05, 0.1) is 11.4 Å². The molecule has 18 heavy (non-hydrogen) atoms. The SMILES string of the molecule is Cc1ccn(-c2c(C=CC(=O)O)c(C)nn2C)n1. The molecule has 0 aliphatic heterocycles. The fourth-order valence-electron chi connectivity index (χ4n) is 1.82. The van der Waals surface area contributed by atoms with Crippen LogP contribution in [0.2, 0.25) is 0 Å². The molecule has 0 bridgehead atoms. The number of carboxylic acid groups (broad SMARTS) is 1. The average Bonchev–Trinajstić information content (AvgIpc) is 2.79. The number of rotatable bonds is 3. The summed E-state index contributed by atoms with van der Waals surface area (Å²) in [5.41, 5.74) is 2.41. The molecule has 0 amide bonds. The zero-order valence-electron chi connectivity index (χ0n) is 10.5. The lowest BCUT2D eigenvalue weighted by molar-refractivity contribution is -0.131. The van der Waals surface area contributed by atoms with Gasteiger partial charge in [-0.05, 0) is 26.0 Å². The van der Waals surface area contributed by atoms with Crippen LogP contribution in [0.15, 0.2) is 18.3 Å². The van der Waals surface area contributed by atoms with Crippen molar-refractivity contribution in [2.75, 3.05) is 0 Å². The highest BCUT2D eigenvalue weighted by atomic mass is 16.4. The van der Waals surface area contributed by atoms with Gasteiger partial charge in [-0.25, -0.2) is 9.48 Å². The number of hydrogen-bond donors (Lipinski definition) is 1. The van der Waals surface area contributed by atoms with E-state index >= 15 is 0 Å². The molecule has 2 aromatic rings. The second kappa shape index (κ2) is 4.48. The summed E-state index contributed by atoms with van der Waals surface area (Å²) in [5.74, 6) is -0.237. The van der Waals surface area contributed by atoms with Crippen molar-refractivity contribution in [3.63, 3.8) is 0 Å². The van der Waals surface area contributed by atoms with Gasteiger partial charge < -0.3 is 5.11 Å². The van der Waals surface area contributed by atoms with Gasteiger partial charge >= 0.3 is 5.97 Å². The summed E-state index contributed by atoms with van der Waals surface area (Å²) >= 11 is 0. The number of hydrogen-bond acceptors (Lipinski definition) is 3. The fraction of sp³-hybridized carbons (Fsp3) is 0.250. The molecule has 0 spiro atoms. The van der Waals surface area contributed by atoms with Gasteiger partial charge in [-0.1, -0.05) is 0 Å². The Kier molecular flexibility index (Phi) is 3.01. The summed E-state index contributed by atoms with van der Waals surface area (Å²) in [6.45, 7) is 3.73. The van der Waals surface area contributed by atoms with Crippen molar-refractivity contribution in [1.29, 1.82) is 0 Å². The van der Waals surface area contributed by atoms with Crippen molar-refractivity contribution in [1.82, 2.24) is 19.6 Å². The Morgan fingerprint density at radius 1 is 1.39 bits per heavy atom. The fourth-order valence-corrected chi connectivity index (χ4v) is 1.82. The minimum absolute atomic E-state index is 0.748. The number of aryl methyl sites for hydroxylation is 3. The Balaban J connectivity index is 2.56. The van der Waals surface area contributed by atoms with Crippen molar-refractivity contribution in [2.45, 2.75) is 13.8 Å². The molecule has 0 aliphatic carbocycles. The normalized spacial score (nSPS) is 11.3. The van der Waals surface area contributed by atoms with Crippen LogP contribution in [0.25, 0.3) is 11.9 Å². The Hall–Kier alpha value is -2.37. The van der Waals surface area contributed by atoms with Crippen LogP contribution in [0.3, 0.4) is 0 Å². The van der Waals surface area contributed by atoms with E-state index in [4.69, 9.17) is 5.11 Å². The Bertz CT molecular complexity index is 622. The molecule has 0 saturated heterocycles. The third-order valence-electron chi connectivity index (χ3n) is 2.57. The molecule has 0 radical (unpaired) electrons. The molecule has 2 heterocycles. The lowest BCUT2D eigenvalue weighted by Gasteiger charge is -2.03. The van der Waals surface area contributed by atoms with E-state index in [-0.39, 0.29) is 0 Å². The van der Waals surface area contributed by atoms with Crippen molar-refractivity contribution >= 4 is 12.0 Å². The Morgan fingerprint density at radius 3 is 2.67 bits per heavy atom. The maximum absolute atomic E-state index is 10.6. The first-order valence-electron chi connectivity index (χ1n) is 5.46. The molecule has 2 aromatic heterocycles. The third kappa shape index (κ3) is 2.17. The van der Waals surface area contributed by atoms with Crippen LogP contribution in [0, 0.1) is 13.8 Å². The van der Waals surface area contributed by atoms with Crippen molar-refractivity contribution in [3.05, 3.63) is 35.3 Å². The predicted molar refractivity (Wildman–Crippen MR) is 66.5 cm³/mol. The van der Waals surface area contributed by atoms with Crippen LogP contribution >= 0.6 is 0 Å². The monoisotopic (exact) mass is 246 g/mol. The first-order valence-corrected chi connectivity index (χ1v) is 5.46. The molecule has 2 rings (SSSR count). The molecule has 6 nitrogen and oxygen atoms in total. The lowest BCUT2D eigenvalue weighted by atomic mass is 10.2. The first kappa shape index (κ1) is 12.1. The smallest absolute Gasteiger partial charge is 0.328 e. The van der Waals surface area contributed by atoms with Gasteiger partial charge in [0.2, 0.25) is 0 Å². The molecule has 0 fully saturated rings. The first-order chi connectivity index (χ1) is 8.49. The maximum atomic E-state index is 10.6. The maximum Gasteiger partial charge on any atom is 0.328 e. The van der Waals surface area contributed by atoms with Gasteiger partial charge in [0.15, 0.2) is 5.82 Å². The third-order valence-corrected chi connectivity index (χ3v) is 2.57. The van der Waals surface area contributed by atoms with Crippen LogP contribution in [0.4, 0.5) is 0 Å². The van der Waals surface area contributed by atoms with E-state index in [0.717, 1.165) is 28.8 Å². The predicted octanol–water partition coefficient (Wildman–Crippen LogP) is 1.32. The molecule has 0 unspecified atom stereocenters. The van der Waals surface area contributed by atoms with Crippen LogP contribution in [-0.2, 0) is 11.8 Å². The number of carbonyl (C=O) groups is 1. The van der Waals surface area contributed by atoms with Gasteiger partial charge in [0.25, 0.3) is 0 Å². The Morgan fingerprint density at radius 2 is 2.11 bits per heavy atom. The number of aromatic nitrogens is 4. The summed E-state index contributed by atoms with van der Waals surface area (Å²) in [4.78, 5) is 10.6. The molecule has 0 saturated carbocycles. The van der Waals surface area contributed by atoms with Crippen LogP contribution in [-0.4, -0.2) is 30.6 Å². The van der Waals surface area contributed by atoms with Gasteiger partial charge in [0.1, 0.15) is 0 Å². The molecule has 6 heteroatoms.